The fourth-order valence-electron chi connectivity index (χ4n) is 3.60. The molecule has 0 amide bonds. The minimum absolute atomic E-state index is 0.168. The van der Waals surface area contributed by atoms with Crippen LogP contribution in [0.2, 0.25) is 0 Å². The molecule has 0 saturated heterocycles. The maximum atomic E-state index is 12.5. The molecule has 3 heterocycles. The Hall–Kier alpha value is -2.96. The first-order valence-corrected chi connectivity index (χ1v) is 9.18. The van der Waals surface area contributed by atoms with Gasteiger partial charge in [0, 0.05) is 30.6 Å². The SMILES string of the molecule is CC(C)C1CCc2[nH]c(=O)c(-c3noc(-c4ccn(C)c(=O)c4)n3)cc2C1. The van der Waals surface area contributed by atoms with Gasteiger partial charge in [-0.2, -0.15) is 4.98 Å². The molecule has 140 valence electrons. The van der Waals surface area contributed by atoms with Crippen LogP contribution in [-0.2, 0) is 19.9 Å². The molecular weight excluding hydrogens is 344 g/mol. The second-order valence-corrected chi connectivity index (χ2v) is 7.55. The summed E-state index contributed by atoms with van der Waals surface area (Å²) in [7, 11) is 1.67. The third kappa shape index (κ3) is 3.25. The van der Waals surface area contributed by atoms with Gasteiger partial charge in [-0.25, -0.2) is 0 Å². The van der Waals surface area contributed by atoms with E-state index in [1.54, 1.807) is 19.3 Å². The first-order valence-electron chi connectivity index (χ1n) is 9.18. The molecule has 27 heavy (non-hydrogen) atoms. The number of pyridine rings is 2. The zero-order valence-electron chi connectivity index (χ0n) is 15.7. The Morgan fingerprint density at radius 1 is 1.30 bits per heavy atom. The van der Waals surface area contributed by atoms with Gasteiger partial charge in [0.25, 0.3) is 17.0 Å². The number of rotatable bonds is 3. The van der Waals surface area contributed by atoms with Crippen molar-refractivity contribution in [3.05, 3.63) is 56.4 Å². The predicted octanol–water partition coefficient (Wildman–Crippen LogP) is 2.55. The fourth-order valence-corrected chi connectivity index (χ4v) is 3.60. The van der Waals surface area contributed by atoms with E-state index in [9.17, 15) is 9.59 Å². The molecule has 7 heteroatoms. The van der Waals surface area contributed by atoms with Crippen molar-refractivity contribution in [2.45, 2.75) is 33.1 Å². The minimum atomic E-state index is -0.215. The Bertz CT molecular complexity index is 1110. The van der Waals surface area contributed by atoms with Crippen molar-refractivity contribution in [3.63, 3.8) is 0 Å². The van der Waals surface area contributed by atoms with Gasteiger partial charge in [-0.3, -0.25) is 9.59 Å². The van der Waals surface area contributed by atoms with Gasteiger partial charge in [-0.15, -0.1) is 0 Å². The molecule has 4 rings (SSSR count). The van der Waals surface area contributed by atoms with E-state index >= 15 is 0 Å². The number of H-pyrrole nitrogens is 1. The summed E-state index contributed by atoms with van der Waals surface area (Å²) in [4.78, 5) is 31.7. The Morgan fingerprint density at radius 2 is 2.11 bits per heavy atom. The third-order valence-electron chi connectivity index (χ3n) is 5.42. The van der Waals surface area contributed by atoms with Gasteiger partial charge < -0.3 is 14.1 Å². The van der Waals surface area contributed by atoms with E-state index in [0.717, 1.165) is 30.5 Å². The van der Waals surface area contributed by atoms with E-state index in [0.29, 0.717) is 23.0 Å². The average Bonchev–Trinajstić information content (AvgIpc) is 3.12. The number of nitrogens with one attached hydrogen (secondary N) is 1. The van der Waals surface area contributed by atoms with Gasteiger partial charge in [0.05, 0.1) is 5.56 Å². The molecule has 1 unspecified atom stereocenters. The number of nitrogens with zero attached hydrogens (tertiary/aromatic N) is 3. The number of aromatic nitrogens is 4. The molecule has 3 aromatic rings. The quantitative estimate of drug-likeness (QED) is 0.769. The molecule has 0 bridgehead atoms. The standard InChI is InChI=1S/C20H22N4O3/c1-11(2)12-4-5-16-14(8-12)9-15(19(26)21-16)18-22-20(27-23-18)13-6-7-24(3)17(25)10-13/h6-7,9-12H,4-5,8H2,1-3H3,(H,21,26). The average molecular weight is 366 g/mol. The molecule has 1 aliphatic carbocycles. The van der Waals surface area contributed by atoms with Crippen molar-refractivity contribution in [2.75, 3.05) is 0 Å². The lowest BCUT2D eigenvalue weighted by Gasteiger charge is -2.27. The van der Waals surface area contributed by atoms with Crippen LogP contribution in [0, 0.1) is 11.8 Å². The molecule has 0 spiro atoms. The second kappa shape index (κ2) is 6.64. The van der Waals surface area contributed by atoms with E-state index < -0.39 is 0 Å². The van der Waals surface area contributed by atoms with E-state index in [4.69, 9.17) is 4.52 Å². The molecule has 0 saturated carbocycles. The maximum absolute atomic E-state index is 12.5. The molecule has 0 fully saturated rings. The van der Waals surface area contributed by atoms with Crippen molar-refractivity contribution in [3.8, 4) is 22.8 Å². The molecule has 0 aromatic carbocycles. The zero-order chi connectivity index (χ0) is 19.1. The molecule has 1 N–H and O–H groups in total. The highest BCUT2D eigenvalue weighted by Gasteiger charge is 2.24. The van der Waals surface area contributed by atoms with Crippen LogP contribution in [-0.4, -0.2) is 19.7 Å². The maximum Gasteiger partial charge on any atom is 0.259 e. The summed E-state index contributed by atoms with van der Waals surface area (Å²) >= 11 is 0. The summed E-state index contributed by atoms with van der Waals surface area (Å²) in [6.07, 6.45) is 4.56. The van der Waals surface area contributed by atoms with Gasteiger partial charge >= 0.3 is 0 Å². The molecular formula is C20H22N4O3. The zero-order valence-corrected chi connectivity index (χ0v) is 15.7. The van der Waals surface area contributed by atoms with Crippen LogP contribution >= 0.6 is 0 Å². The van der Waals surface area contributed by atoms with Crippen LogP contribution in [0.1, 0.15) is 31.5 Å². The number of aryl methyl sites for hydroxylation is 2. The van der Waals surface area contributed by atoms with Crippen LogP contribution < -0.4 is 11.1 Å². The van der Waals surface area contributed by atoms with Crippen LogP contribution in [0.4, 0.5) is 0 Å². The first-order chi connectivity index (χ1) is 12.9. The van der Waals surface area contributed by atoms with E-state index in [-0.39, 0.29) is 22.8 Å². The van der Waals surface area contributed by atoms with E-state index in [1.165, 1.54) is 10.6 Å². The summed E-state index contributed by atoms with van der Waals surface area (Å²) in [5.41, 5.74) is 2.71. The molecule has 1 aliphatic rings. The van der Waals surface area contributed by atoms with Crippen molar-refractivity contribution >= 4 is 0 Å². The van der Waals surface area contributed by atoms with Gasteiger partial charge in [0.15, 0.2) is 0 Å². The van der Waals surface area contributed by atoms with Crippen LogP contribution in [0.25, 0.3) is 22.8 Å². The highest BCUT2D eigenvalue weighted by Crippen LogP contribution is 2.30. The van der Waals surface area contributed by atoms with Crippen LogP contribution in [0.3, 0.4) is 0 Å². The van der Waals surface area contributed by atoms with Gasteiger partial charge in [-0.05, 0) is 48.8 Å². The lowest BCUT2D eigenvalue weighted by molar-refractivity contribution is 0.340. The summed E-state index contributed by atoms with van der Waals surface area (Å²) in [5.74, 6) is 1.67. The summed E-state index contributed by atoms with van der Waals surface area (Å²) in [6, 6.07) is 5.05. The Morgan fingerprint density at radius 3 is 2.85 bits per heavy atom. The first kappa shape index (κ1) is 17.5. The molecule has 0 aliphatic heterocycles. The van der Waals surface area contributed by atoms with E-state index in [2.05, 4.69) is 29.0 Å². The predicted molar refractivity (Wildman–Crippen MR) is 101 cm³/mol. The van der Waals surface area contributed by atoms with Crippen molar-refractivity contribution in [2.24, 2.45) is 18.9 Å². The largest absolute Gasteiger partial charge is 0.334 e. The number of hydrogen-bond acceptors (Lipinski definition) is 5. The molecule has 1 atom stereocenters. The summed E-state index contributed by atoms with van der Waals surface area (Å²) in [5, 5.41) is 3.96. The fraction of sp³-hybridized carbons (Fsp3) is 0.400. The monoisotopic (exact) mass is 366 g/mol. The van der Waals surface area contributed by atoms with Crippen molar-refractivity contribution in [1.82, 2.24) is 19.7 Å². The molecule has 0 radical (unpaired) electrons. The molecule has 3 aromatic heterocycles. The summed E-state index contributed by atoms with van der Waals surface area (Å²) < 4.78 is 6.75. The smallest absolute Gasteiger partial charge is 0.259 e. The van der Waals surface area contributed by atoms with Crippen LogP contribution in [0.15, 0.2) is 38.5 Å². The minimum Gasteiger partial charge on any atom is -0.334 e. The Kier molecular flexibility index (Phi) is 4.30. The number of hydrogen-bond donors (Lipinski definition) is 1. The summed E-state index contributed by atoms with van der Waals surface area (Å²) in [6.45, 7) is 4.47. The lowest BCUT2D eigenvalue weighted by atomic mass is 9.80. The topological polar surface area (TPSA) is 93.8 Å². The van der Waals surface area contributed by atoms with E-state index in [1.807, 2.05) is 6.07 Å². The van der Waals surface area contributed by atoms with Gasteiger partial charge in [0.1, 0.15) is 0 Å². The normalized spacial score (nSPS) is 16.5. The second-order valence-electron chi connectivity index (χ2n) is 7.55. The highest BCUT2D eigenvalue weighted by atomic mass is 16.5. The lowest BCUT2D eigenvalue weighted by Crippen LogP contribution is -2.23. The van der Waals surface area contributed by atoms with Crippen LogP contribution in [0.5, 0.6) is 0 Å². The van der Waals surface area contributed by atoms with Crippen molar-refractivity contribution < 1.29 is 4.52 Å². The number of fused-ring (bicyclic) bond motifs is 1. The van der Waals surface area contributed by atoms with Gasteiger partial charge in [-0.1, -0.05) is 19.0 Å². The van der Waals surface area contributed by atoms with Gasteiger partial charge in [0.2, 0.25) is 5.82 Å². The Labute approximate surface area is 156 Å². The number of aromatic amines is 1. The van der Waals surface area contributed by atoms with Crippen molar-refractivity contribution in [1.29, 1.82) is 0 Å². The Balaban J connectivity index is 1.71. The third-order valence-corrected chi connectivity index (χ3v) is 5.42. The molecule has 7 nitrogen and oxygen atoms in total. The highest BCUT2D eigenvalue weighted by molar-refractivity contribution is 5.59.